The molecular formula is C15H8ClF3N2. The van der Waals surface area contributed by atoms with Crippen LogP contribution in [0.15, 0.2) is 48.5 Å². The molecule has 2 aromatic carbocycles. The Hall–Kier alpha value is -2.14. The third kappa shape index (κ3) is 2.69. The number of fused-ring (bicyclic) bond motifs is 1. The predicted octanol–water partition coefficient (Wildman–Crippen LogP) is 4.97. The molecule has 21 heavy (non-hydrogen) atoms. The zero-order chi connectivity index (χ0) is 15.0. The molecule has 0 aliphatic heterocycles. The van der Waals surface area contributed by atoms with Crippen LogP contribution < -0.4 is 0 Å². The predicted molar refractivity (Wildman–Crippen MR) is 75.0 cm³/mol. The van der Waals surface area contributed by atoms with Gasteiger partial charge in [0.05, 0.1) is 5.52 Å². The van der Waals surface area contributed by atoms with Crippen LogP contribution in [0.2, 0.25) is 5.15 Å². The topological polar surface area (TPSA) is 25.8 Å². The lowest BCUT2D eigenvalue weighted by molar-refractivity contribution is -0.144. The maximum atomic E-state index is 12.7. The van der Waals surface area contributed by atoms with Gasteiger partial charge in [0.2, 0.25) is 5.82 Å². The smallest absolute Gasteiger partial charge is 0.224 e. The number of aromatic nitrogens is 2. The monoisotopic (exact) mass is 308 g/mol. The van der Waals surface area contributed by atoms with Crippen LogP contribution in [0.5, 0.6) is 0 Å². The van der Waals surface area contributed by atoms with Crippen LogP contribution in [-0.2, 0) is 6.18 Å². The van der Waals surface area contributed by atoms with E-state index in [0.29, 0.717) is 5.39 Å². The summed E-state index contributed by atoms with van der Waals surface area (Å²) in [6.07, 6.45) is -4.62. The largest absolute Gasteiger partial charge is 0.451 e. The first-order valence-electron chi connectivity index (χ1n) is 6.05. The van der Waals surface area contributed by atoms with Gasteiger partial charge in [-0.15, -0.1) is 0 Å². The van der Waals surface area contributed by atoms with Gasteiger partial charge in [-0.3, -0.25) is 0 Å². The van der Waals surface area contributed by atoms with Gasteiger partial charge in [-0.2, -0.15) is 13.2 Å². The molecule has 0 N–H and O–H groups in total. The summed E-state index contributed by atoms with van der Waals surface area (Å²) < 4.78 is 38.0. The van der Waals surface area contributed by atoms with E-state index in [1.807, 2.05) is 30.3 Å². The highest BCUT2D eigenvalue weighted by Crippen LogP contribution is 2.32. The van der Waals surface area contributed by atoms with Gasteiger partial charge in [-0.1, -0.05) is 48.0 Å². The lowest BCUT2D eigenvalue weighted by Crippen LogP contribution is -2.11. The number of rotatable bonds is 1. The molecular weight excluding hydrogens is 301 g/mol. The summed E-state index contributed by atoms with van der Waals surface area (Å²) in [5, 5.41) is 0.191. The van der Waals surface area contributed by atoms with Crippen molar-refractivity contribution in [2.24, 2.45) is 0 Å². The Bertz CT molecular complexity index is 801. The molecule has 3 rings (SSSR count). The Morgan fingerprint density at radius 1 is 0.857 bits per heavy atom. The normalized spacial score (nSPS) is 11.8. The van der Waals surface area contributed by atoms with Crippen LogP contribution in [-0.4, -0.2) is 9.97 Å². The van der Waals surface area contributed by atoms with E-state index >= 15 is 0 Å². The first-order chi connectivity index (χ1) is 9.95. The van der Waals surface area contributed by atoms with Gasteiger partial charge in [-0.25, -0.2) is 9.97 Å². The van der Waals surface area contributed by atoms with Gasteiger partial charge in [0, 0.05) is 5.39 Å². The van der Waals surface area contributed by atoms with Crippen LogP contribution in [0.1, 0.15) is 5.82 Å². The van der Waals surface area contributed by atoms with Crippen molar-refractivity contribution in [3.63, 3.8) is 0 Å². The standard InChI is InChI=1S/C15H8ClF3N2/c16-13-11-8-10(9-4-2-1-3-5-9)6-7-12(11)20-14(21-13)15(17,18)19/h1-8H. The molecule has 0 unspecified atom stereocenters. The summed E-state index contributed by atoms with van der Waals surface area (Å²) in [5.41, 5.74) is 1.95. The van der Waals surface area contributed by atoms with Crippen molar-refractivity contribution in [2.45, 2.75) is 6.18 Å². The molecule has 0 aliphatic carbocycles. The van der Waals surface area contributed by atoms with E-state index in [-0.39, 0.29) is 10.7 Å². The van der Waals surface area contributed by atoms with Gasteiger partial charge in [0.15, 0.2) is 0 Å². The van der Waals surface area contributed by atoms with Crippen LogP contribution in [0.3, 0.4) is 0 Å². The van der Waals surface area contributed by atoms with Gasteiger partial charge in [0.25, 0.3) is 0 Å². The van der Waals surface area contributed by atoms with Crippen LogP contribution in [0.4, 0.5) is 13.2 Å². The molecule has 0 atom stereocenters. The molecule has 1 heterocycles. The van der Waals surface area contributed by atoms with E-state index in [9.17, 15) is 13.2 Å². The van der Waals surface area contributed by atoms with E-state index in [4.69, 9.17) is 11.6 Å². The van der Waals surface area contributed by atoms with Crippen molar-refractivity contribution in [1.29, 1.82) is 0 Å². The summed E-state index contributed by atoms with van der Waals surface area (Å²) in [6.45, 7) is 0. The van der Waals surface area contributed by atoms with Gasteiger partial charge in [-0.05, 0) is 23.3 Å². The Kier molecular flexibility index (Phi) is 3.29. The van der Waals surface area contributed by atoms with Crippen LogP contribution in [0, 0.1) is 0 Å². The van der Waals surface area contributed by atoms with Crippen LogP contribution >= 0.6 is 11.6 Å². The molecule has 0 saturated carbocycles. The van der Waals surface area contributed by atoms with E-state index < -0.39 is 12.0 Å². The minimum atomic E-state index is -4.62. The van der Waals surface area contributed by atoms with E-state index in [2.05, 4.69) is 9.97 Å². The average molecular weight is 309 g/mol. The molecule has 0 fully saturated rings. The van der Waals surface area contributed by atoms with Gasteiger partial charge < -0.3 is 0 Å². The first-order valence-corrected chi connectivity index (χ1v) is 6.43. The van der Waals surface area contributed by atoms with E-state index in [1.54, 1.807) is 12.1 Å². The Morgan fingerprint density at radius 2 is 1.57 bits per heavy atom. The van der Waals surface area contributed by atoms with Crippen molar-refractivity contribution in [2.75, 3.05) is 0 Å². The highest BCUT2D eigenvalue weighted by Gasteiger charge is 2.35. The summed E-state index contributed by atoms with van der Waals surface area (Å²) >= 11 is 5.88. The highest BCUT2D eigenvalue weighted by molar-refractivity contribution is 6.34. The van der Waals surface area contributed by atoms with E-state index in [1.165, 1.54) is 6.07 Å². The third-order valence-electron chi connectivity index (χ3n) is 3.01. The highest BCUT2D eigenvalue weighted by atomic mass is 35.5. The summed E-state index contributed by atoms with van der Waals surface area (Å²) in [4.78, 5) is 6.86. The molecule has 0 radical (unpaired) electrons. The molecule has 6 heteroatoms. The minimum absolute atomic E-state index is 0.169. The molecule has 1 aromatic heterocycles. The second kappa shape index (κ2) is 5.00. The number of nitrogens with zero attached hydrogens (tertiary/aromatic N) is 2. The zero-order valence-electron chi connectivity index (χ0n) is 10.5. The number of benzene rings is 2. The third-order valence-corrected chi connectivity index (χ3v) is 3.30. The SMILES string of the molecule is FC(F)(F)c1nc(Cl)c2cc(-c3ccccc3)ccc2n1. The average Bonchev–Trinajstić information content (AvgIpc) is 2.47. The van der Waals surface area contributed by atoms with Gasteiger partial charge in [0.1, 0.15) is 5.15 Å². The fourth-order valence-corrected chi connectivity index (χ4v) is 2.26. The van der Waals surface area contributed by atoms with Crippen molar-refractivity contribution >= 4 is 22.5 Å². The molecule has 3 aromatic rings. The Balaban J connectivity index is 2.18. The number of hydrogen-bond acceptors (Lipinski definition) is 2. The number of hydrogen-bond donors (Lipinski definition) is 0. The molecule has 0 saturated heterocycles. The fraction of sp³-hybridized carbons (Fsp3) is 0.0667. The Morgan fingerprint density at radius 3 is 2.24 bits per heavy atom. The minimum Gasteiger partial charge on any atom is -0.224 e. The molecule has 2 nitrogen and oxygen atoms in total. The van der Waals surface area contributed by atoms with Crippen molar-refractivity contribution < 1.29 is 13.2 Å². The molecule has 0 aliphatic rings. The number of alkyl halides is 3. The second-order valence-electron chi connectivity index (χ2n) is 4.43. The maximum absolute atomic E-state index is 12.7. The summed E-state index contributed by atoms with van der Waals surface area (Å²) in [7, 11) is 0. The van der Waals surface area contributed by atoms with Crippen molar-refractivity contribution in [3.8, 4) is 11.1 Å². The summed E-state index contributed by atoms with van der Waals surface area (Å²) in [5.74, 6) is -1.23. The van der Waals surface area contributed by atoms with Crippen molar-refractivity contribution in [1.82, 2.24) is 9.97 Å². The quantitative estimate of drug-likeness (QED) is 0.593. The second-order valence-corrected chi connectivity index (χ2v) is 4.79. The lowest BCUT2D eigenvalue weighted by atomic mass is 10.0. The number of halogens is 4. The molecule has 0 amide bonds. The molecule has 106 valence electrons. The van der Waals surface area contributed by atoms with Crippen molar-refractivity contribution in [3.05, 3.63) is 59.5 Å². The lowest BCUT2D eigenvalue weighted by Gasteiger charge is -2.09. The fourth-order valence-electron chi connectivity index (χ4n) is 2.03. The first kappa shape index (κ1) is 13.8. The summed E-state index contributed by atoms with van der Waals surface area (Å²) in [6, 6.07) is 14.4. The molecule has 0 bridgehead atoms. The zero-order valence-corrected chi connectivity index (χ0v) is 11.3. The maximum Gasteiger partial charge on any atom is 0.451 e. The van der Waals surface area contributed by atoms with Crippen LogP contribution in [0.25, 0.3) is 22.0 Å². The van der Waals surface area contributed by atoms with E-state index in [0.717, 1.165) is 11.1 Å². The Labute approximate surface area is 123 Å². The molecule has 0 spiro atoms. The van der Waals surface area contributed by atoms with Gasteiger partial charge >= 0.3 is 6.18 Å².